The summed E-state index contributed by atoms with van der Waals surface area (Å²) in [5, 5.41) is 3.94. The summed E-state index contributed by atoms with van der Waals surface area (Å²) in [6, 6.07) is 0. The molecule has 74 valence electrons. The molecule has 0 N–H and O–H groups in total. The molecule has 6 heteroatoms. The van der Waals surface area contributed by atoms with Gasteiger partial charge in [-0.1, -0.05) is 0 Å². The van der Waals surface area contributed by atoms with E-state index in [1.54, 1.807) is 6.92 Å². The molecule has 13 heavy (non-hydrogen) atoms. The summed E-state index contributed by atoms with van der Waals surface area (Å²) >= 11 is -2.28. The average molecular weight is 203 g/mol. The zero-order valence-electron chi connectivity index (χ0n) is 7.52. The molecule has 1 atom stereocenters. The van der Waals surface area contributed by atoms with Crippen LogP contribution in [-0.4, -0.2) is 25.1 Å². The molecule has 0 radical (unpaired) electrons. The maximum absolute atomic E-state index is 10.7. The largest absolute Gasteiger partial charge is 0.768 e. The first-order valence-corrected chi connectivity index (χ1v) is 5.06. The van der Waals surface area contributed by atoms with Gasteiger partial charge in [0.1, 0.15) is 4.90 Å². The van der Waals surface area contributed by atoms with Crippen LogP contribution in [-0.2, 0) is 17.6 Å². The Balaban J connectivity index is 3.00. The molecule has 0 aliphatic rings. The van der Waals surface area contributed by atoms with Gasteiger partial charge < -0.3 is 9.29 Å². The number of hydrogen-bond donors (Lipinski definition) is 0. The molecule has 0 aliphatic carbocycles. The van der Waals surface area contributed by atoms with Gasteiger partial charge in [0.25, 0.3) is 0 Å². The zero-order valence-corrected chi connectivity index (χ0v) is 8.34. The molecule has 0 saturated heterocycles. The van der Waals surface area contributed by atoms with Crippen LogP contribution < -0.4 is 4.74 Å². The monoisotopic (exact) mass is 203 g/mol. The molecule has 0 bridgehead atoms. The first kappa shape index (κ1) is 10.2. The fourth-order valence-corrected chi connectivity index (χ4v) is 1.35. The lowest BCUT2D eigenvalue weighted by atomic mass is 10.6. The minimum atomic E-state index is -2.28. The fraction of sp³-hybridized carbons (Fsp3) is 0.571. The van der Waals surface area contributed by atoms with Crippen LogP contribution in [0.5, 0.6) is 5.88 Å². The number of aryl methyl sites for hydroxylation is 1. The number of nitrogens with zero attached hydrogens (tertiary/aromatic N) is 2. The summed E-state index contributed by atoms with van der Waals surface area (Å²) in [7, 11) is 0. The topological polar surface area (TPSA) is 67.2 Å². The highest BCUT2D eigenvalue weighted by atomic mass is 32.2. The smallest absolute Gasteiger partial charge is 0.248 e. The van der Waals surface area contributed by atoms with E-state index >= 15 is 0 Å². The minimum absolute atomic E-state index is 0.115. The fourth-order valence-electron chi connectivity index (χ4n) is 0.898. The summed E-state index contributed by atoms with van der Waals surface area (Å²) in [4.78, 5) is 0.115. The lowest BCUT2D eigenvalue weighted by Gasteiger charge is -2.03. The molecule has 0 saturated carbocycles. The van der Waals surface area contributed by atoms with Crippen LogP contribution in [0, 0.1) is 0 Å². The maximum atomic E-state index is 10.7. The van der Waals surface area contributed by atoms with Gasteiger partial charge in [-0.05, 0) is 24.9 Å². The van der Waals surface area contributed by atoms with E-state index < -0.39 is 11.1 Å². The van der Waals surface area contributed by atoms with E-state index in [1.165, 1.54) is 10.9 Å². The molecule has 0 aromatic carbocycles. The van der Waals surface area contributed by atoms with Gasteiger partial charge in [0.15, 0.2) is 0 Å². The van der Waals surface area contributed by atoms with E-state index in [0.29, 0.717) is 13.2 Å². The molecule has 1 rings (SSSR count). The Hall–Kier alpha value is -0.880. The second-order valence-corrected chi connectivity index (χ2v) is 3.23. The Morgan fingerprint density at radius 1 is 1.69 bits per heavy atom. The number of aromatic nitrogens is 2. The van der Waals surface area contributed by atoms with Crippen molar-refractivity contribution in [3.05, 3.63) is 6.20 Å². The molecule has 1 unspecified atom stereocenters. The third-order valence-corrected chi connectivity index (χ3v) is 2.12. The van der Waals surface area contributed by atoms with Crippen molar-refractivity contribution < 1.29 is 13.5 Å². The standard InChI is InChI=1S/C7H12N2O3S/c1-3-9-5-6(13(10)11)7(8-9)12-4-2/h5H,3-4H2,1-2H3,(H,10,11)/p-1. The van der Waals surface area contributed by atoms with E-state index in [4.69, 9.17) is 4.74 Å². The predicted octanol–water partition coefficient (Wildman–Crippen LogP) is 0.540. The summed E-state index contributed by atoms with van der Waals surface area (Å²) in [6.07, 6.45) is 1.45. The molecule has 5 nitrogen and oxygen atoms in total. The van der Waals surface area contributed by atoms with Crippen molar-refractivity contribution >= 4 is 11.1 Å². The molecule has 1 aromatic heterocycles. The Bertz CT molecular complexity index is 311. The molecule has 1 heterocycles. The van der Waals surface area contributed by atoms with Gasteiger partial charge in [-0.3, -0.25) is 8.89 Å². The SMILES string of the molecule is CCOc1nn(CC)cc1S(=O)[O-]. The van der Waals surface area contributed by atoms with Crippen LogP contribution >= 0.6 is 0 Å². The van der Waals surface area contributed by atoms with Crippen LogP contribution in [0.1, 0.15) is 13.8 Å². The Kier molecular flexibility index (Phi) is 3.44. The summed E-state index contributed by atoms with van der Waals surface area (Å²) < 4.78 is 28.0. The molecule has 0 fully saturated rings. The minimum Gasteiger partial charge on any atom is -0.768 e. The lowest BCUT2D eigenvalue weighted by Crippen LogP contribution is -1.97. The van der Waals surface area contributed by atoms with Crippen molar-refractivity contribution in [3.63, 3.8) is 0 Å². The van der Waals surface area contributed by atoms with Crippen LogP contribution in [0.4, 0.5) is 0 Å². The van der Waals surface area contributed by atoms with Crippen molar-refractivity contribution in [2.75, 3.05) is 6.61 Å². The Labute approximate surface area is 79.0 Å². The molecule has 0 aliphatic heterocycles. The van der Waals surface area contributed by atoms with Gasteiger partial charge in [-0.15, -0.1) is 5.10 Å². The number of rotatable bonds is 4. The highest BCUT2D eigenvalue weighted by Gasteiger charge is 2.09. The molecule has 0 spiro atoms. The number of hydrogen-bond acceptors (Lipinski definition) is 4. The van der Waals surface area contributed by atoms with Gasteiger partial charge in [0.2, 0.25) is 5.88 Å². The highest BCUT2D eigenvalue weighted by Crippen LogP contribution is 2.18. The van der Waals surface area contributed by atoms with Crippen molar-refractivity contribution in [2.45, 2.75) is 25.3 Å². The van der Waals surface area contributed by atoms with Gasteiger partial charge in [0.05, 0.1) is 6.61 Å². The van der Waals surface area contributed by atoms with E-state index in [1.807, 2.05) is 6.92 Å². The average Bonchev–Trinajstić information content (AvgIpc) is 2.48. The first-order chi connectivity index (χ1) is 6.19. The molecular weight excluding hydrogens is 192 g/mol. The third kappa shape index (κ3) is 2.28. The zero-order chi connectivity index (χ0) is 9.84. The van der Waals surface area contributed by atoms with Crippen molar-refractivity contribution in [2.24, 2.45) is 0 Å². The van der Waals surface area contributed by atoms with Crippen LogP contribution in [0.2, 0.25) is 0 Å². The predicted molar refractivity (Wildman–Crippen MR) is 46.3 cm³/mol. The quantitative estimate of drug-likeness (QED) is 0.670. The maximum Gasteiger partial charge on any atom is 0.248 e. The lowest BCUT2D eigenvalue weighted by molar-refractivity contribution is 0.314. The Morgan fingerprint density at radius 3 is 2.85 bits per heavy atom. The molecule has 1 aromatic rings. The van der Waals surface area contributed by atoms with Gasteiger partial charge in [-0.2, -0.15) is 0 Å². The second kappa shape index (κ2) is 4.38. The third-order valence-electron chi connectivity index (χ3n) is 1.48. The molecular formula is C7H11N2O3S-. The van der Waals surface area contributed by atoms with Crippen molar-refractivity contribution in [3.8, 4) is 5.88 Å². The van der Waals surface area contributed by atoms with Crippen molar-refractivity contribution in [1.29, 1.82) is 0 Å². The van der Waals surface area contributed by atoms with Crippen LogP contribution in [0.25, 0.3) is 0 Å². The summed E-state index contributed by atoms with van der Waals surface area (Å²) in [5.41, 5.74) is 0. The first-order valence-electron chi connectivity index (χ1n) is 3.98. The van der Waals surface area contributed by atoms with E-state index in [0.717, 1.165) is 0 Å². The van der Waals surface area contributed by atoms with Crippen LogP contribution in [0.15, 0.2) is 11.1 Å². The van der Waals surface area contributed by atoms with Gasteiger partial charge >= 0.3 is 0 Å². The Morgan fingerprint density at radius 2 is 2.38 bits per heavy atom. The van der Waals surface area contributed by atoms with Gasteiger partial charge in [-0.25, -0.2) is 0 Å². The second-order valence-electron chi connectivity index (χ2n) is 2.32. The molecule has 0 amide bonds. The normalized spacial score (nSPS) is 12.8. The van der Waals surface area contributed by atoms with E-state index in [9.17, 15) is 8.76 Å². The highest BCUT2D eigenvalue weighted by molar-refractivity contribution is 7.79. The number of ether oxygens (including phenoxy) is 1. The van der Waals surface area contributed by atoms with Crippen molar-refractivity contribution in [1.82, 2.24) is 9.78 Å². The summed E-state index contributed by atoms with van der Waals surface area (Å²) in [6.45, 7) is 4.69. The summed E-state index contributed by atoms with van der Waals surface area (Å²) in [5.74, 6) is 0.178. The van der Waals surface area contributed by atoms with Crippen LogP contribution in [0.3, 0.4) is 0 Å². The van der Waals surface area contributed by atoms with E-state index in [-0.39, 0.29) is 10.8 Å². The van der Waals surface area contributed by atoms with E-state index in [2.05, 4.69) is 5.10 Å². The van der Waals surface area contributed by atoms with Gasteiger partial charge in [0, 0.05) is 12.7 Å².